The predicted molar refractivity (Wildman–Crippen MR) is 75.1 cm³/mol. The minimum absolute atomic E-state index is 0.461. The van der Waals surface area contributed by atoms with Gasteiger partial charge in [0.25, 0.3) is 0 Å². The molecule has 0 radical (unpaired) electrons. The second-order valence-corrected chi connectivity index (χ2v) is 5.30. The van der Waals surface area contributed by atoms with Gasteiger partial charge in [0, 0.05) is 25.5 Å². The van der Waals surface area contributed by atoms with Crippen molar-refractivity contribution in [1.82, 2.24) is 15.0 Å². The summed E-state index contributed by atoms with van der Waals surface area (Å²) in [5.41, 5.74) is 8.02. The van der Waals surface area contributed by atoms with Crippen LogP contribution in [0.5, 0.6) is 0 Å². The molecule has 1 fully saturated rings. The zero-order chi connectivity index (χ0) is 13.5. The molecule has 0 spiro atoms. The van der Waals surface area contributed by atoms with Crippen LogP contribution >= 0.6 is 0 Å². The van der Waals surface area contributed by atoms with Crippen molar-refractivity contribution >= 4 is 0 Å². The van der Waals surface area contributed by atoms with Crippen molar-refractivity contribution in [1.29, 1.82) is 0 Å². The monoisotopic (exact) mass is 266 g/mol. The van der Waals surface area contributed by atoms with Crippen LogP contribution in [0.1, 0.15) is 56.3 Å². The van der Waals surface area contributed by atoms with Gasteiger partial charge >= 0.3 is 0 Å². The van der Waals surface area contributed by atoms with Crippen LogP contribution in [-0.4, -0.2) is 34.8 Å². The highest BCUT2D eigenvalue weighted by Gasteiger charge is 2.25. The summed E-state index contributed by atoms with van der Waals surface area (Å²) >= 11 is 0. The van der Waals surface area contributed by atoms with E-state index < -0.39 is 0 Å². The van der Waals surface area contributed by atoms with Crippen molar-refractivity contribution in [2.45, 2.75) is 57.9 Å². The summed E-state index contributed by atoms with van der Waals surface area (Å²) in [5.74, 6) is 0.461. The number of hydrogen-bond donors (Lipinski definition) is 1. The molecule has 2 heterocycles. The standard InChI is InChI=1S/C14H26N4O/c1-2-3-4-5-9-18-14(12-7-10-19-11-12)13(6-8-15)16-17-18/h12H,2-11,15H2,1H3. The van der Waals surface area contributed by atoms with Gasteiger partial charge in [-0.05, 0) is 19.4 Å². The van der Waals surface area contributed by atoms with E-state index in [1.54, 1.807) is 0 Å². The molecule has 0 aromatic carbocycles. The molecule has 19 heavy (non-hydrogen) atoms. The zero-order valence-corrected chi connectivity index (χ0v) is 12.0. The molecule has 108 valence electrons. The molecule has 1 aromatic rings. The highest BCUT2D eigenvalue weighted by Crippen LogP contribution is 2.27. The maximum Gasteiger partial charge on any atom is 0.0875 e. The van der Waals surface area contributed by atoms with Gasteiger partial charge in [-0.1, -0.05) is 31.4 Å². The summed E-state index contributed by atoms with van der Waals surface area (Å²) in [7, 11) is 0. The molecule has 1 unspecified atom stereocenters. The molecule has 1 saturated heterocycles. The molecule has 1 atom stereocenters. The third-order valence-corrected chi connectivity index (χ3v) is 3.77. The number of nitrogens with zero attached hydrogens (tertiary/aromatic N) is 3. The summed E-state index contributed by atoms with van der Waals surface area (Å²) in [6, 6.07) is 0. The fourth-order valence-electron chi connectivity index (χ4n) is 2.72. The predicted octanol–water partition coefficient (Wildman–Crippen LogP) is 1.86. The van der Waals surface area contributed by atoms with E-state index in [4.69, 9.17) is 10.5 Å². The molecular formula is C14H26N4O. The zero-order valence-electron chi connectivity index (χ0n) is 12.0. The highest BCUT2D eigenvalue weighted by molar-refractivity contribution is 5.17. The molecule has 0 bridgehead atoms. The van der Waals surface area contributed by atoms with Crippen molar-refractivity contribution in [3.63, 3.8) is 0 Å². The van der Waals surface area contributed by atoms with Gasteiger partial charge in [-0.15, -0.1) is 5.10 Å². The molecule has 2 N–H and O–H groups in total. The quantitative estimate of drug-likeness (QED) is 0.729. The van der Waals surface area contributed by atoms with Gasteiger partial charge in [0.1, 0.15) is 0 Å². The summed E-state index contributed by atoms with van der Waals surface area (Å²) < 4.78 is 7.61. The minimum atomic E-state index is 0.461. The molecule has 5 heteroatoms. The van der Waals surface area contributed by atoms with Crippen molar-refractivity contribution < 1.29 is 4.74 Å². The number of nitrogens with two attached hydrogens (primary N) is 1. The first-order valence-electron chi connectivity index (χ1n) is 7.56. The van der Waals surface area contributed by atoms with Gasteiger partial charge in [0.05, 0.1) is 18.0 Å². The topological polar surface area (TPSA) is 66.0 Å². The van der Waals surface area contributed by atoms with Gasteiger partial charge in [0.15, 0.2) is 0 Å². The van der Waals surface area contributed by atoms with Crippen LogP contribution in [-0.2, 0) is 17.7 Å². The van der Waals surface area contributed by atoms with Crippen molar-refractivity contribution in [2.75, 3.05) is 19.8 Å². The lowest BCUT2D eigenvalue weighted by atomic mass is 10.0. The summed E-state index contributed by atoms with van der Waals surface area (Å²) in [5, 5.41) is 8.66. The Kier molecular flexibility index (Phi) is 5.79. The van der Waals surface area contributed by atoms with Gasteiger partial charge in [-0.25, -0.2) is 4.68 Å². The Balaban J connectivity index is 2.03. The Labute approximate surface area is 115 Å². The lowest BCUT2D eigenvalue weighted by Gasteiger charge is -2.12. The van der Waals surface area contributed by atoms with E-state index in [2.05, 4.69) is 21.9 Å². The number of rotatable bonds is 8. The van der Waals surface area contributed by atoms with E-state index in [9.17, 15) is 0 Å². The van der Waals surface area contributed by atoms with Crippen LogP contribution in [0.15, 0.2) is 0 Å². The van der Waals surface area contributed by atoms with Crippen molar-refractivity contribution in [3.8, 4) is 0 Å². The van der Waals surface area contributed by atoms with Crippen LogP contribution in [0.3, 0.4) is 0 Å². The fraction of sp³-hybridized carbons (Fsp3) is 0.857. The maximum absolute atomic E-state index is 5.67. The Morgan fingerprint density at radius 1 is 1.37 bits per heavy atom. The average Bonchev–Trinajstić information content (AvgIpc) is 3.04. The van der Waals surface area contributed by atoms with Crippen LogP contribution in [0.2, 0.25) is 0 Å². The van der Waals surface area contributed by atoms with Gasteiger partial charge in [0.2, 0.25) is 0 Å². The maximum atomic E-state index is 5.67. The number of ether oxygens (including phenoxy) is 1. The molecular weight excluding hydrogens is 240 g/mol. The van der Waals surface area contributed by atoms with Crippen LogP contribution in [0.4, 0.5) is 0 Å². The Morgan fingerprint density at radius 3 is 2.95 bits per heavy atom. The minimum Gasteiger partial charge on any atom is -0.381 e. The van der Waals surface area contributed by atoms with Crippen LogP contribution in [0.25, 0.3) is 0 Å². The third kappa shape index (κ3) is 3.76. The second-order valence-electron chi connectivity index (χ2n) is 5.30. The Morgan fingerprint density at radius 2 is 2.26 bits per heavy atom. The van der Waals surface area contributed by atoms with E-state index in [-0.39, 0.29) is 0 Å². The molecule has 1 aliphatic heterocycles. The second kappa shape index (κ2) is 7.60. The van der Waals surface area contributed by atoms with Gasteiger partial charge in [-0.3, -0.25) is 0 Å². The molecule has 1 aliphatic rings. The highest BCUT2D eigenvalue weighted by atomic mass is 16.5. The van der Waals surface area contributed by atoms with Gasteiger partial charge in [-0.2, -0.15) is 0 Å². The van der Waals surface area contributed by atoms with E-state index in [1.807, 2.05) is 0 Å². The molecule has 0 saturated carbocycles. The van der Waals surface area contributed by atoms with Crippen LogP contribution in [0, 0.1) is 0 Å². The normalized spacial score (nSPS) is 19.2. The largest absolute Gasteiger partial charge is 0.381 e. The third-order valence-electron chi connectivity index (χ3n) is 3.77. The van der Waals surface area contributed by atoms with E-state index >= 15 is 0 Å². The number of unbranched alkanes of at least 4 members (excludes halogenated alkanes) is 3. The fourth-order valence-corrected chi connectivity index (χ4v) is 2.72. The SMILES string of the molecule is CCCCCCn1nnc(CCN)c1C1CCOC1. The molecule has 2 rings (SSSR count). The summed E-state index contributed by atoms with van der Waals surface area (Å²) in [4.78, 5) is 0. The average molecular weight is 266 g/mol. The number of aryl methyl sites for hydroxylation is 1. The lowest BCUT2D eigenvalue weighted by Crippen LogP contribution is -2.13. The number of aromatic nitrogens is 3. The lowest BCUT2D eigenvalue weighted by molar-refractivity contribution is 0.193. The summed E-state index contributed by atoms with van der Waals surface area (Å²) in [6.07, 6.45) is 6.91. The number of hydrogen-bond acceptors (Lipinski definition) is 4. The Hall–Kier alpha value is -0.940. The first-order valence-corrected chi connectivity index (χ1v) is 7.56. The van der Waals surface area contributed by atoms with Crippen molar-refractivity contribution in [2.24, 2.45) is 5.73 Å². The van der Waals surface area contributed by atoms with Crippen LogP contribution < -0.4 is 5.73 Å². The van der Waals surface area contributed by atoms with E-state index in [0.29, 0.717) is 12.5 Å². The first kappa shape index (κ1) is 14.5. The molecule has 0 amide bonds. The van der Waals surface area contributed by atoms with E-state index in [0.717, 1.165) is 38.3 Å². The van der Waals surface area contributed by atoms with Crippen molar-refractivity contribution in [3.05, 3.63) is 11.4 Å². The molecule has 5 nitrogen and oxygen atoms in total. The molecule has 1 aromatic heterocycles. The van der Waals surface area contributed by atoms with E-state index in [1.165, 1.54) is 31.4 Å². The molecule has 0 aliphatic carbocycles. The Bertz CT molecular complexity index is 372. The smallest absolute Gasteiger partial charge is 0.0875 e. The summed E-state index contributed by atoms with van der Waals surface area (Å²) in [6.45, 7) is 5.50. The van der Waals surface area contributed by atoms with Gasteiger partial charge < -0.3 is 10.5 Å². The first-order chi connectivity index (χ1) is 9.36.